The number of rotatable bonds is 4. The molecule has 2 rings (SSSR count). The number of nitrogens with zero attached hydrogens (tertiary/aromatic N) is 1. The standard InChI is InChI=1S/C14H18FN3O2S.ClH/c1-14(4-6-17-7-5-14)10-18-21(19,20)12-2-3-13(15)11(8-12)9-16;/h2-3,8,17-18H,4-7,10H2,1H3;1H. The van der Waals surface area contributed by atoms with Crippen molar-refractivity contribution in [1.82, 2.24) is 10.0 Å². The normalized spacial score (nSPS) is 17.3. The van der Waals surface area contributed by atoms with E-state index in [1.165, 1.54) is 6.07 Å². The lowest BCUT2D eigenvalue weighted by atomic mass is 9.81. The summed E-state index contributed by atoms with van der Waals surface area (Å²) in [5, 5.41) is 12.0. The summed E-state index contributed by atoms with van der Waals surface area (Å²) >= 11 is 0. The van der Waals surface area contributed by atoms with Crippen molar-refractivity contribution in [3.63, 3.8) is 0 Å². The first kappa shape index (κ1) is 18.8. The second-order valence-electron chi connectivity index (χ2n) is 5.64. The molecule has 0 spiro atoms. The molecule has 0 unspecified atom stereocenters. The molecule has 0 radical (unpaired) electrons. The Balaban J connectivity index is 0.00000242. The molecule has 2 N–H and O–H groups in total. The minimum absolute atomic E-state index is 0. The number of halogens is 2. The summed E-state index contributed by atoms with van der Waals surface area (Å²) in [5.41, 5.74) is -0.359. The van der Waals surface area contributed by atoms with Gasteiger partial charge >= 0.3 is 0 Å². The molecule has 0 amide bonds. The predicted molar refractivity (Wildman–Crippen MR) is 83.8 cm³/mol. The van der Waals surface area contributed by atoms with Gasteiger partial charge in [-0.2, -0.15) is 5.26 Å². The average Bonchev–Trinajstić information content (AvgIpc) is 2.46. The number of hydrogen-bond donors (Lipinski definition) is 2. The second kappa shape index (κ2) is 7.38. The Labute approximate surface area is 136 Å². The van der Waals surface area contributed by atoms with Crippen molar-refractivity contribution in [2.24, 2.45) is 5.41 Å². The first-order valence-corrected chi connectivity index (χ1v) is 8.25. The Kier molecular flexibility index (Phi) is 6.32. The highest BCUT2D eigenvalue weighted by atomic mass is 35.5. The molecule has 1 fully saturated rings. The first-order chi connectivity index (χ1) is 9.86. The minimum atomic E-state index is -3.74. The van der Waals surface area contributed by atoms with Crippen molar-refractivity contribution in [3.05, 3.63) is 29.6 Å². The molecule has 1 aliphatic rings. The van der Waals surface area contributed by atoms with Crippen molar-refractivity contribution in [2.45, 2.75) is 24.7 Å². The lowest BCUT2D eigenvalue weighted by Gasteiger charge is -2.34. The zero-order chi connectivity index (χ0) is 15.5. The van der Waals surface area contributed by atoms with Gasteiger partial charge in [0.15, 0.2) is 0 Å². The van der Waals surface area contributed by atoms with Gasteiger partial charge in [-0.1, -0.05) is 6.92 Å². The van der Waals surface area contributed by atoms with Crippen LogP contribution in [-0.4, -0.2) is 28.1 Å². The largest absolute Gasteiger partial charge is 0.317 e. The second-order valence-corrected chi connectivity index (χ2v) is 7.41. The number of sulfonamides is 1. The van der Waals surface area contributed by atoms with Crippen LogP contribution < -0.4 is 10.0 Å². The van der Waals surface area contributed by atoms with E-state index in [2.05, 4.69) is 10.0 Å². The number of piperidine rings is 1. The van der Waals surface area contributed by atoms with Gasteiger partial charge < -0.3 is 5.32 Å². The Hall–Kier alpha value is -1.20. The summed E-state index contributed by atoms with van der Waals surface area (Å²) in [6.45, 7) is 4.11. The molecular weight excluding hydrogens is 329 g/mol. The minimum Gasteiger partial charge on any atom is -0.317 e. The smallest absolute Gasteiger partial charge is 0.240 e. The van der Waals surface area contributed by atoms with Crippen LogP contribution in [-0.2, 0) is 10.0 Å². The van der Waals surface area contributed by atoms with Crippen molar-refractivity contribution < 1.29 is 12.8 Å². The Morgan fingerprint density at radius 3 is 2.64 bits per heavy atom. The monoisotopic (exact) mass is 347 g/mol. The van der Waals surface area contributed by atoms with Crippen LogP contribution >= 0.6 is 12.4 Å². The molecule has 22 heavy (non-hydrogen) atoms. The SMILES string of the molecule is CC1(CNS(=O)(=O)c2ccc(F)c(C#N)c2)CCNCC1.Cl. The molecule has 1 heterocycles. The summed E-state index contributed by atoms with van der Waals surface area (Å²) in [4.78, 5) is -0.0852. The lowest BCUT2D eigenvalue weighted by molar-refractivity contribution is 0.232. The van der Waals surface area contributed by atoms with Gasteiger partial charge in [-0.15, -0.1) is 12.4 Å². The van der Waals surface area contributed by atoms with Crippen LogP contribution in [0.1, 0.15) is 25.3 Å². The zero-order valence-corrected chi connectivity index (χ0v) is 13.9. The molecular formula is C14H19ClFN3O2S. The maximum atomic E-state index is 13.3. The molecule has 0 aromatic heterocycles. The van der Waals surface area contributed by atoms with Gasteiger partial charge in [-0.25, -0.2) is 17.5 Å². The van der Waals surface area contributed by atoms with Crippen LogP contribution in [0.5, 0.6) is 0 Å². The first-order valence-electron chi connectivity index (χ1n) is 6.76. The molecule has 5 nitrogen and oxygen atoms in total. The zero-order valence-electron chi connectivity index (χ0n) is 12.2. The van der Waals surface area contributed by atoms with E-state index < -0.39 is 15.8 Å². The third-order valence-corrected chi connectivity index (χ3v) is 5.27. The topological polar surface area (TPSA) is 82.0 Å². The van der Waals surface area contributed by atoms with Gasteiger partial charge in [0.05, 0.1) is 10.5 Å². The predicted octanol–water partition coefficient (Wildman–Crippen LogP) is 1.79. The molecule has 0 saturated carbocycles. The average molecular weight is 348 g/mol. The van der Waals surface area contributed by atoms with Crippen molar-refractivity contribution in [1.29, 1.82) is 5.26 Å². The maximum absolute atomic E-state index is 13.3. The highest BCUT2D eigenvalue weighted by molar-refractivity contribution is 7.89. The van der Waals surface area contributed by atoms with Crippen LogP contribution in [0, 0.1) is 22.6 Å². The lowest BCUT2D eigenvalue weighted by Crippen LogP contribution is -2.42. The molecule has 0 aliphatic carbocycles. The van der Waals surface area contributed by atoms with Crippen LogP contribution in [0.2, 0.25) is 0 Å². The van der Waals surface area contributed by atoms with Gasteiger partial charge in [-0.3, -0.25) is 0 Å². The molecule has 0 atom stereocenters. The molecule has 1 saturated heterocycles. The molecule has 0 bridgehead atoms. The van der Waals surface area contributed by atoms with Crippen LogP contribution in [0.3, 0.4) is 0 Å². The van der Waals surface area contributed by atoms with E-state index in [0.717, 1.165) is 38.1 Å². The van der Waals surface area contributed by atoms with E-state index in [4.69, 9.17) is 5.26 Å². The van der Waals surface area contributed by atoms with Crippen LogP contribution in [0.25, 0.3) is 0 Å². The van der Waals surface area contributed by atoms with E-state index in [9.17, 15) is 12.8 Å². The maximum Gasteiger partial charge on any atom is 0.240 e. The summed E-state index contributed by atoms with van der Waals surface area (Å²) < 4.78 is 40.3. The summed E-state index contributed by atoms with van der Waals surface area (Å²) in [5.74, 6) is -0.721. The van der Waals surface area contributed by atoms with Crippen LogP contribution in [0.4, 0.5) is 4.39 Å². The highest BCUT2D eigenvalue weighted by Crippen LogP contribution is 2.27. The summed E-state index contributed by atoms with van der Waals surface area (Å²) in [6, 6.07) is 4.87. The number of nitriles is 1. The molecule has 122 valence electrons. The third-order valence-electron chi connectivity index (χ3n) is 3.87. The molecule has 8 heteroatoms. The Bertz CT molecular complexity index is 667. The number of benzene rings is 1. The van der Waals surface area contributed by atoms with Gasteiger partial charge in [0.2, 0.25) is 10.0 Å². The van der Waals surface area contributed by atoms with E-state index in [-0.39, 0.29) is 28.3 Å². The van der Waals surface area contributed by atoms with E-state index in [1.807, 2.05) is 6.92 Å². The van der Waals surface area contributed by atoms with E-state index in [1.54, 1.807) is 6.07 Å². The summed E-state index contributed by atoms with van der Waals surface area (Å²) in [6.07, 6.45) is 1.78. The summed E-state index contributed by atoms with van der Waals surface area (Å²) in [7, 11) is -3.74. The number of nitrogens with one attached hydrogen (secondary N) is 2. The quantitative estimate of drug-likeness (QED) is 0.870. The molecule has 1 aromatic carbocycles. The van der Waals surface area contributed by atoms with Gasteiger partial charge in [0, 0.05) is 6.54 Å². The molecule has 1 aromatic rings. The van der Waals surface area contributed by atoms with E-state index in [0.29, 0.717) is 6.54 Å². The molecule has 1 aliphatic heterocycles. The van der Waals surface area contributed by atoms with Crippen molar-refractivity contribution in [3.8, 4) is 6.07 Å². The highest BCUT2D eigenvalue weighted by Gasteiger charge is 2.28. The van der Waals surface area contributed by atoms with E-state index >= 15 is 0 Å². The van der Waals surface area contributed by atoms with Gasteiger partial charge in [0.1, 0.15) is 11.9 Å². The third kappa shape index (κ3) is 4.40. The van der Waals surface area contributed by atoms with Crippen molar-refractivity contribution in [2.75, 3.05) is 19.6 Å². The van der Waals surface area contributed by atoms with Gasteiger partial charge in [0.25, 0.3) is 0 Å². The van der Waals surface area contributed by atoms with Crippen LogP contribution in [0.15, 0.2) is 23.1 Å². The number of hydrogen-bond acceptors (Lipinski definition) is 4. The Morgan fingerprint density at radius 1 is 1.41 bits per heavy atom. The van der Waals surface area contributed by atoms with Crippen molar-refractivity contribution >= 4 is 22.4 Å². The van der Waals surface area contributed by atoms with Gasteiger partial charge in [-0.05, 0) is 49.5 Å². The fraction of sp³-hybridized carbons (Fsp3) is 0.500. The fourth-order valence-corrected chi connectivity index (χ4v) is 3.54. The fourth-order valence-electron chi connectivity index (χ4n) is 2.32. The Morgan fingerprint density at radius 2 is 2.05 bits per heavy atom.